The zero-order valence-electron chi connectivity index (χ0n) is 20.9. The van der Waals surface area contributed by atoms with Crippen LogP contribution >= 0.6 is 11.3 Å². The van der Waals surface area contributed by atoms with Crippen molar-refractivity contribution in [2.75, 3.05) is 26.1 Å². The van der Waals surface area contributed by atoms with Crippen LogP contribution in [0.2, 0.25) is 0 Å². The summed E-state index contributed by atoms with van der Waals surface area (Å²) in [6.45, 7) is 2.46. The van der Waals surface area contributed by atoms with E-state index in [1.54, 1.807) is 38.5 Å². The Balaban J connectivity index is 1.49. The molecule has 0 atom stereocenters. The van der Waals surface area contributed by atoms with Gasteiger partial charge >= 0.3 is 0 Å². The predicted octanol–water partition coefficient (Wildman–Crippen LogP) is 6.49. The van der Waals surface area contributed by atoms with E-state index in [9.17, 15) is 9.59 Å². The lowest BCUT2D eigenvalue weighted by Crippen LogP contribution is -2.13. The normalized spacial score (nSPS) is 10.6. The lowest BCUT2D eigenvalue weighted by Gasteiger charge is -2.05. The van der Waals surface area contributed by atoms with Crippen molar-refractivity contribution < 1.29 is 23.8 Å². The minimum Gasteiger partial charge on any atom is -0.497 e. The summed E-state index contributed by atoms with van der Waals surface area (Å²) >= 11 is 1.38. The summed E-state index contributed by atoms with van der Waals surface area (Å²) in [6.07, 6.45) is 0.156. The first-order valence-electron chi connectivity index (χ1n) is 11.9. The number of thiazole rings is 1. The van der Waals surface area contributed by atoms with Gasteiger partial charge in [-0.3, -0.25) is 9.59 Å². The zero-order chi connectivity index (χ0) is 26.2. The van der Waals surface area contributed by atoms with E-state index in [1.807, 2.05) is 55.5 Å². The highest BCUT2D eigenvalue weighted by molar-refractivity contribution is 7.19. The van der Waals surface area contributed by atoms with Gasteiger partial charge in [0.2, 0.25) is 5.91 Å². The van der Waals surface area contributed by atoms with Crippen LogP contribution in [0.25, 0.3) is 21.7 Å². The molecule has 4 rings (SSSR count). The molecule has 1 amide bonds. The van der Waals surface area contributed by atoms with Crippen LogP contribution in [0.15, 0.2) is 72.8 Å². The van der Waals surface area contributed by atoms with Crippen LogP contribution in [0.5, 0.6) is 17.2 Å². The molecule has 3 aromatic carbocycles. The molecule has 1 aromatic heterocycles. The lowest BCUT2D eigenvalue weighted by molar-refractivity contribution is -0.116. The number of benzene rings is 3. The maximum atomic E-state index is 12.7. The predicted molar refractivity (Wildman–Crippen MR) is 146 cm³/mol. The fourth-order valence-corrected chi connectivity index (χ4v) is 4.72. The molecular formula is C29H28N2O5S. The lowest BCUT2D eigenvalue weighted by atomic mass is 10.1. The minimum atomic E-state index is -0.268. The molecule has 4 aromatic rings. The maximum Gasteiger partial charge on any atom is 0.226 e. The fraction of sp³-hybridized carbons (Fsp3) is 0.207. The van der Waals surface area contributed by atoms with Crippen LogP contribution < -0.4 is 19.5 Å². The van der Waals surface area contributed by atoms with E-state index in [4.69, 9.17) is 19.2 Å². The van der Waals surface area contributed by atoms with Gasteiger partial charge in [-0.1, -0.05) is 11.3 Å². The third-order valence-corrected chi connectivity index (χ3v) is 6.68. The molecule has 190 valence electrons. The molecule has 0 saturated carbocycles. The first-order valence-corrected chi connectivity index (χ1v) is 12.7. The van der Waals surface area contributed by atoms with Crippen molar-refractivity contribution in [1.82, 2.24) is 4.98 Å². The Labute approximate surface area is 220 Å². The summed E-state index contributed by atoms with van der Waals surface area (Å²) in [6, 6.07) is 22.2. The van der Waals surface area contributed by atoms with E-state index >= 15 is 0 Å². The Morgan fingerprint density at radius 2 is 1.35 bits per heavy atom. The van der Waals surface area contributed by atoms with Crippen molar-refractivity contribution >= 4 is 28.2 Å². The van der Waals surface area contributed by atoms with E-state index in [-0.39, 0.29) is 24.5 Å². The number of aromatic nitrogens is 1. The molecule has 1 N–H and O–H groups in total. The van der Waals surface area contributed by atoms with Crippen LogP contribution in [0.1, 0.15) is 30.1 Å². The quantitative estimate of drug-likeness (QED) is 0.229. The topological polar surface area (TPSA) is 86.8 Å². The molecular weight excluding hydrogens is 488 g/mol. The van der Waals surface area contributed by atoms with E-state index in [0.717, 1.165) is 33.2 Å². The monoisotopic (exact) mass is 516 g/mol. The van der Waals surface area contributed by atoms with Gasteiger partial charge in [0, 0.05) is 24.0 Å². The molecule has 7 nitrogen and oxygen atoms in total. The second-order valence-electron chi connectivity index (χ2n) is 8.08. The Kier molecular flexibility index (Phi) is 8.53. The SMILES string of the molecule is CCOc1ccc(C(=O)CCC(=O)Nc2nc(-c3ccc(OC)cc3)c(-c3ccc(OC)cc3)s2)cc1. The molecule has 0 bridgehead atoms. The van der Waals surface area contributed by atoms with Crippen molar-refractivity contribution in [1.29, 1.82) is 0 Å². The summed E-state index contributed by atoms with van der Waals surface area (Å²) in [5, 5.41) is 3.33. The van der Waals surface area contributed by atoms with Crippen molar-refractivity contribution in [2.45, 2.75) is 19.8 Å². The van der Waals surface area contributed by atoms with Crippen LogP contribution in [0.3, 0.4) is 0 Å². The number of ether oxygens (including phenoxy) is 3. The van der Waals surface area contributed by atoms with Gasteiger partial charge in [0.1, 0.15) is 17.2 Å². The molecule has 0 radical (unpaired) electrons. The number of rotatable bonds is 11. The molecule has 1 heterocycles. The number of nitrogens with one attached hydrogen (secondary N) is 1. The van der Waals surface area contributed by atoms with Crippen LogP contribution in [-0.2, 0) is 4.79 Å². The average Bonchev–Trinajstić information content (AvgIpc) is 3.36. The van der Waals surface area contributed by atoms with Gasteiger partial charge in [-0.05, 0) is 85.3 Å². The van der Waals surface area contributed by atoms with E-state index in [2.05, 4.69) is 5.32 Å². The molecule has 0 saturated heterocycles. The number of nitrogens with zero attached hydrogens (tertiary/aromatic N) is 1. The molecule has 0 aliphatic carbocycles. The number of methoxy groups -OCH3 is 2. The number of hydrogen-bond acceptors (Lipinski definition) is 7. The maximum absolute atomic E-state index is 12.7. The summed E-state index contributed by atoms with van der Waals surface area (Å²) in [7, 11) is 3.24. The van der Waals surface area contributed by atoms with Gasteiger partial charge < -0.3 is 19.5 Å². The number of Topliss-reactive ketones (excluding diaryl/α,β-unsaturated/α-hetero) is 1. The Morgan fingerprint density at radius 3 is 1.92 bits per heavy atom. The van der Waals surface area contributed by atoms with E-state index in [1.165, 1.54) is 11.3 Å². The summed E-state index contributed by atoms with van der Waals surface area (Å²) < 4.78 is 16.0. The second kappa shape index (κ2) is 12.2. The van der Waals surface area contributed by atoms with Gasteiger partial charge in [-0.25, -0.2) is 4.98 Å². The highest BCUT2D eigenvalue weighted by Gasteiger charge is 2.18. The molecule has 0 aliphatic rings. The van der Waals surface area contributed by atoms with E-state index in [0.29, 0.717) is 23.1 Å². The molecule has 0 spiro atoms. The van der Waals surface area contributed by atoms with Crippen molar-refractivity contribution in [2.24, 2.45) is 0 Å². The zero-order valence-corrected chi connectivity index (χ0v) is 21.8. The molecule has 0 aliphatic heterocycles. The number of ketones is 1. The molecule has 0 fully saturated rings. The Morgan fingerprint density at radius 1 is 0.784 bits per heavy atom. The highest BCUT2D eigenvalue weighted by atomic mass is 32.1. The van der Waals surface area contributed by atoms with Crippen molar-refractivity contribution in [3.05, 3.63) is 78.4 Å². The van der Waals surface area contributed by atoms with Gasteiger partial charge in [0.15, 0.2) is 10.9 Å². The van der Waals surface area contributed by atoms with Gasteiger partial charge in [0.05, 0.1) is 31.4 Å². The van der Waals surface area contributed by atoms with Gasteiger partial charge in [-0.15, -0.1) is 0 Å². The molecule has 37 heavy (non-hydrogen) atoms. The summed E-state index contributed by atoms with van der Waals surface area (Å²) in [4.78, 5) is 30.9. The molecule has 0 unspecified atom stereocenters. The minimum absolute atomic E-state index is 0.0569. The number of anilines is 1. The summed E-state index contributed by atoms with van der Waals surface area (Å²) in [5.74, 6) is 1.84. The van der Waals surface area contributed by atoms with E-state index < -0.39 is 0 Å². The Hall–Kier alpha value is -4.17. The first-order chi connectivity index (χ1) is 18.0. The number of amides is 1. The van der Waals surface area contributed by atoms with Crippen LogP contribution in [-0.4, -0.2) is 37.5 Å². The smallest absolute Gasteiger partial charge is 0.226 e. The highest BCUT2D eigenvalue weighted by Crippen LogP contribution is 2.40. The third kappa shape index (κ3) is 6.54. The second-order valence-corrected chi connectivity index (χ2v) is 9.08. The number of carbonyl (C=O) groups excluding carboxylic acids is 2. The fourth-order valence-electron chi connectivity index (χ4n) is 3.71. The largest absolute Gasteiger partial charge is 0.497 e. The molecule has 8 heteroatoms. The van der Waals surface area contributed by atoms with Crippen LogP contribution in [0, 0.1) is 0 Å². The van der Waals surface area contributed by atoms with Crippen molar-refractivity contribution in [3.8, 4) is 38.9 Å². The van der Waals surface area contributed by atoms with Crippen LogP contribution in [0.4, 0.5) is 5.13 Å². The standard InChI is InChI=1S/C29H28N2O5S/c1-4-36-24-15-5-19(6-16-24)25(32)17-18-26(33)30-29-31-27(20-7-11-22(34-2)12-8-20)28(37-29)21-9-13-23(35-3)14-10-21/h5-16H,4,17-18H2,1-3H3,(H,30,31,33). The number of hydrogen-bond donors (Lipinski definition) is 1. The Bertz CT molecular complexity index is 1280. The first kappa shape index (κ1) is 25.9. The third-order valence-electron chi connectivity index (χ3n) is 5.66. The average molecular weight is 517 g/mol. The van der Waals surface area contributed by atoms with Gasteiger partial charge in [0.25, 0.3) is 0 Å². The van der Waals surface area contributed by atoms with Crippen molar-refractivity contribution in [3.63, 3.8) is 0 Å². The number of carbonyl (C=O) groups is 2. The summed E-state index contributed by atoms with van der Waals surface area (Å²) in [5.41, 5.74) is 3.15. The van der Waals surface area contributed by atoms with Gasteiger partial charge in [-0.2, -0.15) is 0 Å².